The number of aliphatic hydroxyl groups is 1. The van der Waals surface area contributed by atoms with E-state index in [1.165, 1.54) is 0 Å². The molecule has 0 aromatic rings. The Bertz CT molecular complexity index is 339. The third-order valence-electron chi connectivity index (χ3n) is 3.23. The van der Waals surface area contributed by atoms with Crippen LogP contribution in [0, 0.1) is 5.41 Å². The highest BCUT2D eigenvalue weighted by Crippen LogP contribution is 2.12. The van der Waals surface area contributed by atoms with Gasteiger partial charge in [0, 0.05) is 31.5 Å². The maximum atomic E-state index is 12.0. The van der Waals surface area contributed by atoms with Gasteiger partial charge in [0.05, 0.1) is 19.3 Å². The first-order chi connectivity index (χ1) is 9.34. The first-order valence-corrected chi connectivity index (χ1v) is 7.13. The number of ether oxygens (including phenoxy) is 1. The van der Waals surface area contributed by atoms with Crippen molar-refractivity contribution in [2.45, 2.75) is 39.7 Å². The molecule has 0 bridgehead atoms. The van der Waals surface area contributed by atoms with Gasteiger partial charge >= 0.3 is 0 Å². The van der Waals surface area contributed by atoms with Crippen molar-refractivity contribution in [2.24, 2.45) is 5.41 Å². The largest absolute Gasteiger partial charge is 0.394 e. The zero-order valence-electron chi connectivity index (χ0n) is 12.6. The van der Waals surface area contributed by atoms with Crippen molar-refractivity contribution in [1.29, 1.82) is 0 Å². The number of aliphatic hydroxyl groups excluding tert-OH is 1. The van der Waals surface area contributed by atoms with E-state index in [0.29, 0.717) is 39.1 Å². The summed E-state index contributed by atoms with van der Waals surface area (Å²) in [4.78, 5) is 25.3. The van der Waals surface area contributed by atoms with Gasteiger partial charge in [0.15, 0.2) is 0 Å². The number of hydrogen-bond donors (Lipinski definition) is 2. The average molecular weight is 286 g/mol. The van der Waals surface area contributed by atoms with Crippen molar-refractivity contribution in [1.82, 2.24) is 10.2 Å². The third-order valence-corrected chi connectivity index (χ3v) is 3.23. The Kier molecular flexibility index (Phi) is 6.42. The van der Waals surface area contributed by atoms with Gasteiger partial charge in [-0.05, 0) is 6.42 Å². The van der Waals surface area contributed by atoms with Crippen molar-refractivity contribution in [3.8, 4) is 0 Å². The van der Waals surface area contributed by atoms with Crippen LogP contribution in [-0.4, -0.2) is 60.8 Å². The Labute approximate surface area is 120 Å². The Balaban J connectivity index is 2.22. The van der Waals surface area contributed by atoms with Crippen LogP contribution in [0.2, 0.25) is 0 Å². The topological polar surface area (TPSA) is 78.9 Å². The minimum Gasteiger partial charge on any atom is -0.394 e. The minimum atomic E-state index is -0.400. The van der Waals surface area contributed by atoms with Gasteiger partial charge in [0.2, 0.25) is 11.8 Å². The summed E-state index contributed by atoms with van der Waals surface area (Å²) in [5, 5.41) is 11.9. The van der Waals surface area contributed by atoms with E-state index in [2.05, 4.69) is 5.32 Å². The second-order valence-electron chi connectivity index (χ2n) is 6.12. The zero-order valence-corrected chi connectivity index (χ0v) is 12.6. The maximum Gasteiger partial charge on any atom is 0.225 e. The predicted molar refractivity (Wildman–Crippen MR) is 75.1 cm³/mol. The average Bonchev–Trinajstić information content (AvgIpc) is 2.42. The van der Waals surface area contributed by atoms with E-state index in [1.807, 2.05) is 20.8 Å². The second kappa shape index (κ2) is 7.59. The summed E-state index contributed by atoms with van der Waals surface area (Å²) in [6.07, 6.45) is 0.762. The monoisotopic (exact) mass is 286 g/mol. The molecule has 0 spiro atoms. The van der Waals surface area contributed by atoms with Gasteiger partial charge in [-0.1, -0.05) is 20.8 Å². The summed E-state index contributed by atoms with van der Waals surface area (Å²) in [6.45, 7) is 7.51. The number of nitrogens with zero attached hydrogens (tertiary/aromatic N) is 1. The van der Waals surface area contributed by atoms with Gasteiger partial charge < -0.3 is 20.1 Å². The van der Waals surface area contributed by atoms with Crippen LogP contribution in [0.4, 0.5) is 0 Å². The molecule has 0 radical (unpaired) electrons. The number of nitrogens with one attached hydrogen (secondary N) is 1. The number of rotatable bonds is 5. The summed E-state index contributed by atoms with van der Waals surface area (Å²) in [5.41, 5.74) is -0.400. The summed E-state index contributed by atoms with van der Waals surface area (Å²) >= 11 is 0. The molecule has 6 nitrogen and oxygen atoms in total. The molecule has 1 rings (SSSR count). The fraction of sp³-hybridized carbons (Fsp3) is 0.857. The molecule has 0 saturated carbocycles. The third kappa shape index (κ3) is 5.46. The second-order valence-corrected chi connectivity index (χ2v) is 6.12. The SMILES string of the molecule is CC(C)(C)C(=O)NCCCC(=O)N1CCOC(CO)C1. The molecule has 1 aliphatic rings. The Hall–Kier alpha value is -1.14. The number of carbonyl (C=O) groups excluding carboxylic acids is 2. The van der Waals surface area contributed by atoms with Crippen molar-refractivity contribution in [3.63, 3.8) is 0 Å². The number of amides is 2. The lowest BCUT2D eigenvalue weighted by molar-refractivity contribution is -0.140. The van der Waals surface area contributed by atoms with Gasteiger partial charge in [0.1, 0.15) is 0 Å². The van der Waals surface area contributed by atoms with E-state index in [0.717, 1.165) is 0 Å². The number of hydrogen-bond acceptors (Lipinski definition) is 4. The summed E-state index contributed by atoms with van der Waals surface area (Å²) < 4.78 is 5.30. The van der Waals surface area contributed by atoms with Crippen molar-refractivity contribution in [3.05, 3.63) is 0 Å². The van der Waals surface area contributed by atoms with Gasteiger partial charge in [-0.15, -0.1) is 0 Å². The lowest BCUT2D eigenvalue weighted by Crippen LogP contribution is -2.47. The fourth-order valence-corrected chi connectivity index (χ4v) is 1.92. The molecular formula is C14H26N2O4. The van der Waals surface area contributed by atoms with Crippen LogP contribution in [0.3, 0.4) is 0 Å². The summed E-state index contributed by atoms with van der Waals surface area (Å²) in [6, 6.07) is 0. The summed E-state index contributed by atoms with van der Waals surface area (Å²) in [7, 11) is 0. The number of morpholine rings is 1. The van der Waals surface area contributed by atoms with E-state index in [-0.39, 0.29) is 24.5 Å². The Morgan fingerprint density at radius 1 is 1.40 bits per heavy atom. The van der Waals surface area contributed by atoms with Gasteiger partial charge in [0.25, 0.3) is 0 Å². The van der Waals surface area contributed by atoms with Gasteiger partial charge in [-0.25, -0.2) is 0 Å². The van der Waals surface area contributed by atoms with E-state index in [1.54, 1.807) is 4.90 Å². The highest BCUT2D eigenvalue weighted by molar-refractivity contribution is 5.81. The van der Waals surface area contributed by atoms with Crippen molar-refractivity contribution in [2.75, 3.05) is 32.8 Å². The first-order valence-electron chi connectivity index (χ1n) is 7.13. The van der Waals surface area contributed by atoms with E-state index >= 15 is 0 Å². The fourth-order valence-electron chi connectivity index (χ4n) is 1.92. The van der Waals surface area contributed by atoms with Crippen LogP contribution in [-0.2, 0) is 14.3 Å². The molecular weight excluding hydrogens is 260 g/mol. The van der Waals surface area contributed by atoms with Gasteiger partial charge in [-0.3, -0.25) is 9.59 Å². The van der Waals surface area contributed by atoms with Crippen LogP contribution in [0.1, 0.15) is 33.6 Å². The normalized spacial score (nSPS) is 19.8. The quantitative estimate of drug-likeness (QED) is 0.705. The number of carbonyl (C=O) groups is 2. The van der Waals surface area contributed by atoms with Crippen LogP contribution in [0.25, 0.3) is 0 Å². The maximum absolute atomic E-state index is 12.0. The molecule has 0 aliphatic carbocycles. The molecule has 1 fully saturated rings. The summed E-state index contributed by atoms with van der Waals surface area (Å²) in [5.74, 6) is 0.0495. The van der Waals surface area contributed by atoms with E-state index in [9.17, 15) is 9.59 Å². The molecule has 1 aliphatic heterocycles. The highest BCUT2D eigenvalue weighted by Gasteiger charge is 2.23. The molecule has 1 unspecified atom stereocenters. The molecule has 0 aromatic heterocycles. The highest BCUT2D eigenvalue weighted by atomic mass is 16.5. The molecule has 20 heavy (non-hydrogen) atoms. The molecule has 1 atom stereocenters. The molecule has 1 saturated heterocycles. The van der Waals surface area contributed by atoms with Gasteiger partial charge in [-0.2, -0.15) is 0 Å². The van der Waals surface area contributed by atoms with Crippen LogP contribution < -0.4 is 5.32 Å². The predicted octanol–water partition coefficient (Wildman–Crippen LogP) is 0.149. The van der Waals surface area contributed by atoms with E-state index in [4.69, 9.17) is 9.84 Å². The molecule has 1 heterocycles. The van der Waals surface area contributed by atoms with Crippen LogP contribution >= 0.6 is 0 Å². The molecule has 116 valence electrons. The Morgan fingerprint density at radius 3 is 2.70 bits per heavy atom. The molecule has 6 heteroatoms. The smallest absolute Gasteiger partial charge is 0.225 e. The molecule has 2 amide bonds. The lowest BCUT2D eigenvalue weighted by atomic mass is 9.96. The Morgan fingerprint density at radius 2 is 2.10 bits per heavy atom. The van der Waals surface area contributed by atoms with Crippen molar-refractivity contribution < 1.29 is 19.4 Å². The standard InChI is InChI=1S/C14H26N2O4/c1-14(2,3)13(19)15-6-4-5-12(18)16-7-8-20-11(9-16)10-17/h11,17H,4-10H2,1-3H3,(H,15,19). The molecule has 2 N–H and O–H groups in total. The molecule has 0 aromatic carbocycles. The van der Waals surface area contributed by atoms with Crippen LogP contribution in [0.5, 0.6) is 0 Å². The van der Waals surface area contributed by atoms with Crippen LogP contribution in [0.15, 0.2) is 0 Å². The zero-order chi connectivity index (χ0) is 15.2. The minimum absolute atomic E-state index is 0.00309. The first kappa shape index (κ1) is 16.9. The lowest BCUT2D eigenvalue weighted by Gasteiger charge is -2.32. The van der Waals surface area contributed by atoms with Crippen molar-refractivity contribution >= 4 is 11.8 Å². The van der Waals surface area contributed by atoms with E-state index < -0.39 is 5.41 Å².